The van der Waals surface area contributed by atoms with Crippen LogP contribution in [0, 0.1) is 50.4 Å². The van der Waals surface area contributed by atoms with Crippen LogP contribution in [0.2, 0.25) is 0 Å². The Morgan fingerprint density at radius 2 is 1.40 bits per heavy atom. The molecule has 8 nitrogen and oxygen atoms in total. The van der Waals surface area contributed by atoms with Crippen molar-refractivity contribution in [3.8, 4) is 11.5 Å². The molecule has 3 fully saturated rings. The van der Waals surface area contributed by atoms with Gasteiger partial charge in [-0.2, -0.15) is 0 Å². The van der Waals surface area contributed by atoms with Crippen molar-refractivity contribution in [1.82, 2.24) is 0 Å². The number of carbonyl (C=O) groups excluding carboxylic acids is 4. The number of phenols is 1. The summed E-state index contributed by atoms with van der Waals surface area (Å²) < 4.78 is 118. The highest BCUT2D eigenvalue weighted by atomic mass is 127. The minimum atomic E-state index is -5.28. The van der Waals surface area contributed by atoms with E-state index in [1.165, 1.54) is 18.2 Å². The van der Waals surface area contributed by atoms with Gasteiger partial charge >= 0.3 is 6.36 Å². The molecule has 0 bridgehead atoms. The largest absolute Gasteiger partial charge is 0.573 e. The molecule has 272 valence electrons. The van der Waals surface area contributed by atoms with E-state index in [9.17, 15) is 50.6 Å². The van der Waals surface area contributed by atoms with Crippen LogP contribution >= 0.6 is 45.8 Å². The van der Waals surface area contributed by atoms with Gasteiger partial charge in [0.05, 0.1) is 17.5 Å². The van der Waals surface area contributed by atoms with Crippen LogP contribution in [-0.2, 0) is 19.2 Å². The number of ether oxygens (including phenoxy) is 1. The molecule has 2 aliphatic carbocycles. The molecular weight excluding hydrogens is 870 g/mol. The van der Waals surface area contributed by atoms with Crippen molar-refractivity contribution in [2.75, 3.05) is 9.80 Å². The third-order valence-corrected chi connectivity index (χ3v) is 12.0. The zero-order valence-electron chi connectivity index (χ0n) is 25.4. The first-order chi connectivity index (χ1) is 24.2. The Morgan fingerprint density at radius 3 is 2.00 bits per heavy atom. The fourth-order valence-corrected chi connectivity index (χ4v) is 9.00. The molecular formula is C33H17Cl2F8IN2O6. The third kappa shape index (κ3) is 4.97. The highest BCUT2D eigenvalue weighted by Crippen LogP contribution is 2.67. The van der Waals surface area contributed by atoms with Gasteiger partial charge < -0.3 is 9.84 Å². The number of allylic oxidation sites excluding steroid dienone is 2. The van der Waals surface area contributed by atoms with E-state index in [0.717, 1.165) is 8.47 Å². The lowest BCUT2D eigenvalue weighted by Gasteiger charge is -2.50. The van der Waals surface area contributed by atoms with Crippen LogP contribution in [0.1, 0.15) is 24.3 Å². The summed E-state index contributed by atoms with van der Waals surface area (Å²) in [6, 6.07) is 8.22. The Kier molecular flexibility index (Phi) is 8.42. The van der Waals surface area contributed by atoms with Crippen LogP contribution in [0.4, 0.5) is 46.5 Å². The van der Waals surface area contributed by atoms with E-state index in [1.807, 2.05) is 22.6 Å². The fourth-order valence-electron chi connectivity index (χ4n) is 7.72. The van der Waals surface area contributed by atoms with Gasteiger partial charge in [0.2, 0.25) is 17.6 Å². The number of carbonyl (C=O) groups is 4. The Hall–Kier alpha value is -3.97. The molecule has 2 saturated heterocycles. The first-order valence-electron chi connectivity index (χ1n) is 14.9. The van der Waals surface area contributed by atoms with Crippen LogP contribution in [0.5, 0.6) is 11.5 Å². The molecule has 3 aromatic carbocycles. The van der Waals surface area contributed by atoms with E-state index in [2.05, 4.69) is 4.74 Å². The molecule has 0 spiro atoms. The van der Waals surface area contributed by atoms with Crippen LogP contribution in [0.15, 0.2) is 54.1 Å². The minimum Gasteiger partial charge on any atom is -0.508 e. The minimum absolute atomic E-state index is 0.0852. The Bertz CT molecular complexity index is 2140. The van der Waals surface area contributed by atoms with Gasteiger partial charge in [-0.15, -0.1) is 36.4 Å². The molecule has 2 heterocycles. The van der Waals surface area contributed by atoms with Gasteiger partial charge in [0.1, 0.15) is 17.2 Å². The highest BCUT2D eigenvalue weighted by Gasteiger charge is 2.77. The lowest BCUT2D eigenvalue weighted by atomic mass is 9.56. The average molecular weight is 887 g/mol. The van der Waals surface area contributed by atoms with Crippen LogP contribution in [0.25, 0.3) is 0 Å². The van der Waals surface area contributed by atoms with E-state index >= 15 is 8.78 Å². The number of imide groups is 2. The standard InChI is InChI=1S/C33H17Cl2F8IN2O6/c34-31-10-17-14(6-7-15-19(17)28(49)45(27(15)48)12-3-1-11(44)2-4-12)20(16-9-13(5-8-18(16)47)52-33(41,42)43)32(31,35)30(51)46(29(31)50)26-24(39)22(37)21(36)23(38)25(26)40/h1-6,8-9,15,17,19-20,47H,7,10H2. The maximum absolute atomic E-state index is 15.2. The Morgan fingerprint density at radius 1 is 0.808 bits per heavy atom. The Labute approximate surface area is 310 Å². The van der Waals surface area contributed by atoms with Gasteiger partial charge in [-0.1, -0.05) is 11.6 Å². The summed E-state index contributed by atoms with van der Waals surface area (Å²) in [4.78, 5) is 50.9. The molecule has 6 unspecified atom stereocenters. The number of nitrogens with zero attached hydrogens (tertiary/aromatic N) is 2. The van der Waals surface area contributed by atoms with Crippen molar-refractivity contribution < 1.29 is 64.1 Å². The number of hydrogen-bond donors (Lipinski definition) is 1. The Balaban J connectivity index is 1.45. The summed E-state index contributed by atoms with van der Waals surface area (Å²) in [5.74, 6) is -25.8. The molecule has 0 aromatic heterocycles. The number of benzene rings is 3. The summed E-state index contributed by atoms with van der Waals surface area (Å²) in [5, 5.41) is 11.0. The number of halogens is 11. The average Bonchev–Trinajstić information content (AvgIpc) is 3.42. The molecule has 4 aliphatic rings. The number of alkyl halides is 5. The zero-order valence-corrected chi connectivity index (χ0v) is 29.1. The topological polar surface area (TPSA) is 104 Å². The fraction of sp³-hybridized carbons (Fsp3) is 0.273. The second kappa shape index (κ2) is 12.0. The van der Waals surface area contributed by atoms with E-state index in [-0.39, 0.29) is 17.7 Å². The van der Waals surface area contributed by atoms with Crippen molar-refractivity contribution in [1.29, 1.82) is 0 Å². The van der Waals surface area contributed by atoms with Gasteiger partial charge in [-0.05, 0) is 83.8 Å². The molecule has 7 rings (SSSR count). The predicted octanol–water partition coefficient (Wildman–Crippen LogP) is 7.36. The summed E-state index contributed by atoms with van der Waals surface area (Å²) in [7, 11) is 0. The molecule has 4 amide bonds. The van der Waals surface area contributed by atoms with E-state index in [0.29, 0.717) is 18.2 Å². The summed E-state index contributed by atoms with van der Waals surface area (Å²) >= 11 is 16.0. The summed E-state index contributed by atoms with van der Waals surface area (Å²) in [6.07, 6.45) is -5.04. The lowest BCUT2D eigenvalue weighted by molar-refractivity contribution is -0.274. The van der Waals surface area contributed by atoms with Crippen LogP contribution in [0.3, 0.4) is 0 Å². The van der Waals surface area contributed by atoms with Crippen molar-refractivity contribution in [3.05, 3.63) is 92.3 Å². The molecule has 2 aliphatic heterocycles. The molecule has 1 N–H and O–H groups in total. The first kappa shape index (κ1) is 36.4. The summed E-state index contributed by atoms with van der Waals surface area (Å²) in [5.41, 5.74) is -2.60. The number of aromatic hydroxyl groups is 1. The van der Waals surface area contributed by atoms with Crippen molar-refractivity contribution >= 4 is 80.8 Å². The zero-order chi connectivity index (χ0) is 38.0. The maximum atomic E-state index is 15.2. The highest BCUT2D eigenvalue weighted by molar-refractivity contribution is 14.1. The van der Waals surface area contributed by atoms with Crippen LogP contribution < -0.4 is 14.5 Å². The second-order valence-electron chi connectivity index (χ2n) is 12.4. The number of amides is 4. The van der Waals surface area contributed by atoms with Gasteiger partial charge in [-0.25, -0.2) is 26.9 Å². The van der Waals surface area contributed by atoms with Crippen molar-refractivity contribution in [3.63, 3.8) is 0 Å². The van der Waals surface area contributed by atoms with Gasteiger partial charge in [0, 0.05) is 15.1 Å². The van der Waals surface area contributed by atoms with Crippen molar-refractivity contribution in [2.24, 2.45) is 17.8 Å². The monoisotopic (exact) mass is 886 g/mol. The summed E-state index contributed by atoms with van der Waals surface area (Å²) in [6.45, 7) is 0. The number of hydrogen-bond acceptors (Lipinski definition) is 6. The normalized spacial score (nSPS) is 28.6. The maximum Gasteiger partial charge on any atom is 0.573 e. The van der Waals surface area contributed by atoms with Gasteiger partial charge in [0.25, 0.3) is 11.8 Å². The number of rotatable bonds is 4. The molecule has 6 atom stereocenters. The molecule has 0 radical (unpaired) electrons. The van der Waals surface area contributed by atoms with Crippen LogP contribution in [-0.4, -0.2) is 44.8 Å². The first-order valence-corrected chi connectivity index (χ1v) is 16.8. The predicted molar refractivity (Wildman–Crippen MR) is 173 cm³/mol. The van der Waals surface area contributed by atoms with Crippen molar-refractivity contribution in [2.45, 2.75) is 34.9 Å². The number of anilines is 2. The SMILES string of the molecule is O=C1C2CC=C3C(CC4(Cl)C(=O)N(c5c(F)c(F)c(F)c(F)c5F)C(=O)C4(Cl)C3c3cc(OC(F)(F)F)ccc3O)C2C(=O)N1c1ccc(I)cc1. The molecule has 3 aromatic rings. The van der Waals surface area contributed by atoms with E-state index in [4.69, 9.17) is 23.2 Å². The number of fused-ring (bicyclic) bond motifs is 4. The molecule has 19 heteroatoms. The lowest BCUT2D eigenvalue weighted by Crippen LogP contribution is -2.60. The third-order valence-electron chi connectivity index (χ3n) is 9.85. The number of phenolic OH excluding ortho intramolecular Hbond substituents is 1. The smallest absolute Gasteiger partial charge is 0.508 e. The van der Waals surface area contributed by atoms with E-state index in [1.54, 1.807) is 12.1 Å². The molecule has 52 heavy (non-hydrogen) atoms. The second-order valence-corrected chi connectivity index (χ2v) is 14.9. The van der Waals surface area contributed by atoms with E-state index < -0.39 is 127 Å². The van der Waals surface area contributed by atoms with Gasteiger partial charge in [0.15, 0.2) is 33.0 Å². The van der Waals surface area contributed by atoms with Gasteiger partial charge in [-0.3, -0.25) is 24.1 Å². The molecule has 1 saturated carbocycles. The quantitative estimate of drug-likeness (QED) is 0.0559.